The van der Waals surface area contributed by atoms with E-state index >= 15 is 0 Å². The first-order valence-corrected chi connectivity index (χ1v) is 8.19. The molecule has 26 heavy (non-hydrogen) atoms. The van der Waals surface area contributed by atoms with Crippen molar-refractivity contribution in [3.8, 4) is 5.75 Å². The Morgan fingerprint density at radius 3 is 2.54 bits per heavy atom. The SMILES string of the molecule is Cc1cc(OCC(=O)N/N=C/c2ccc(Cl)c([N+](=O)[O-])c2)cc(C)c1Cl. The van der Waals surface area contributed by atoms with E-state index in [0.717, 1.165) is 11.1 Å². The summed E-state index contributed by atoms with van der Waals surface area (Å²) in [5, 5.41) is 15.3. The summed E-state index contributed by atoms with van der Waals surface area (Å²) in [5.41, 5.74) is 4.17. The maximum atomic E-state index is 11.8. The number of aryl methyl sites for hydroxylation is 2. The second kappa shape index (κ2) is 8.64. The number of hydrazone groups is 1. The Morgan fingerprint density at radius 2 is 1.92 bits per heavy atom. The summed E-state index contributed by atoms with van der Waals surface area (Å²) in [5.74, 6) is 0.0480. The fourth-order valence-corrected chi connectivity index (χ4v) is 2.40. The maximum absolute atomic E-state index is 11.8. The van der Waals surface area contributed by atoms with Gasteiger partial charge >= 0.3 is 0 Å². The van der Waals surface area contributed by atoms with E-state index in [2.05, 4.69) is 10.5 Å². The Labute approximate surface area is 159 Å². The summed E-state index contributed by atoms with van der Waals surface area (Å²) in [4.78, 5) is 22.0. The first-order valence-electron chi connectivity index (χ1n) is 7.43. The molecule has 0 atom stereocenters. The van der Waals surface area contributed by atoms with Crippen molar-refractivity contribution < 1.29 is 14.5 Å². The van der Waals surface area contributed by atoms with Crippen LogP contribution in [-0.2, 0) is 4.79 Å². The number of benzene rings is 2. The average molecular weight is 396 g/mol. The van der Waals surface area contributed by atoms with Crippen molar-refractivity contribution in [3.63, 3.8) is 0 Å². The molecule has 0 radical (unpaired) electrons. The normalized spacial score (nSPS) is 10.8. The summed E-state index contributed by atoms with van der Waals surface area (Å²) < 4.78 is 5.40. The molecule has 0 saturated heterocycles. The van der Waals surface area contributed by atoms with E-state index < -0.39 is 10.8 Å². The molecule has 2 rings (SSSR count). The molecule has 0 aliphatic carbocycles. The molecule has 0 fully saturated rings. The van der Waals surface area contributed by atoms with Gasteiger partial charge in [-0.05, 0) is 43.2 Å². The molecule has 7 nitrogen and oxygen atoms in total. The number of halogens is 2. The van der Waals surface area contributed by atoms with Gasteiger partial charge in [0.2, 0.25) is 0 Å². The summed E-state index contributed by atoms with van der Waals surface area (Å²) >= 11 is 11.8. The second-order valence-electron chi connectivity index (χ2n) is 5.42. The van der Waals surface area contributed by atoms with Crippen LogP contribution < -0.4 is 10.2 Å². The first-order chi connectivity index (χ1) is 12.3. The van der Waals surface area contributed by atoms with E-state index in [1.165, 1.54) is 18.3 Å². The van der Waals surface area contributed by atoms with Crippen LogP contribution in [0.4, 0.5) is 5.69 Å². The van der Waals surface area contributed by atoms with E-state index in [-0.39, 0.29) is 17.3 Å². The molecule has 0 heterocycles. The van der Waals surface area contributed by atoms with Crippen molar-refractivity contribution in [2.45, 2.75) is 13.8 Å². The van der Waals surface area contributed by atoms with Crippen molar-refractivity contribution in [2.24, 2.45) is 5.10 Å². The summed E-state index contributed by atoms with van der Waals surface area (Å²) in [6, 6.07) is 7.66. The number of nitro groups is 1. The zero-order valence-corrected chi connectivity index (χ0v) is 15.5. The Hall–Kier alpha value is -2.64. The van der Waals surface area contributed by atoms with Gasteiger partial charge in [0.25, 0.3) is 11.6 Å². The van der Waals surface area contributed by atoms with E-state index in [1.807, 2.05) is 13.8 Å². The van der Waals surface area contributed by atoms with Crippen LogP contribution in [0.25, 0.3) is 0 Å². The Kier molecular flexibility index (Phi) is 6.54. The molecule has 0 saturated carbocycles. The van der Waals surface area contributed by atoms with Crippen molar-refractivity contribution in [2.75, 3.05) is 6.61 Å². The van der Waals surface area contributed by atoms with Crippen molar-refractivity contribution in [3.05, 3.63) is 67.2 Å². The molecule has 0 unspecified atom stereocenters. The van der Waals surface area contributed by atoms with Gasteiger partial charge in [0, 0.05) is 16.7 Å². The largest absolute Gasteiger partial charge is 0.484 e. The van der Waals surface area contributed by atoms with Crippen molar-refractivity contribution in [1.29, 1.82) is 0 Å². The van der Waals surface area contributed by atoms with Crippen molar-refractivity contribution >= 4 is 41.0 Å². The zero-order chi connectivity index (χ0) is 19.3. The highest BCUT2D eigenvalue weighted by atomic mass is 35.5. The number of nitro benzene ring substituents is 1. The van der Waals surface area contributed by atoms with Gasteiger partial charge in [0.1, 0.15) is 10.8 Å². The molecule has 136 valence electrons. The van der Waals surface area contributed by atoms with Crippen LogP contribution in [0, 0.1) is 24.0 Å². The lowest BCUT2D eigenvalue weighted by atomic mass is 10.1. The highest BCUT2D eigenvalue weighted by molar-refractivity contribution is 6.32. The molecule has 0 aromatic heterocycles. The van der Waals surface area contributed by atoms with Gasteiger partial charge in [0.15, 0.2) is 6.61 Å². The van der Waals surface area contributed by atoms with Crippen molar-refractivity contribution in [1.82, 2.24) is 5.43 Å². The van der Waals surface area contributed by atoms with Gasteiger partial charge in [-0.15, -0.1) is 0 Å². The minimum Gasteiger partial charge on any atom is -0.484 e. The highest BCUT2D eigenvalue weighted by Gasteiger charge is 2.12. The molecule has 2 aromatic rings. The lowest BCUT2D eigenvalue weighted by Crippen LogP contribution is -2.24. The summed E-state index contributed by atoms with van der Waals surface area (Å²) in [6.45, 7) is 3.45. The van der Waals surface area contributed by atoms with Gasteiger partial charge in [0.05, 0.1) is 11.1 Å². The minimum absolute atomic E-state index is 0.0261. The zero-order valence-electron chi connectivity index (χ0n) is 14.0. The number of carbonyl (C=O) groups is 1. The Bertz CT molecular complexity index is 861. The number of ether oxygens (including phenoxy) is 1. The lowest BCUT2D eigenvalue weighted by Gasteiger charge is -2.09. The van der Waals surface area contributed by atoms with Crippen LogP contribution in [-0.4, -0.2) is 23.7 Å². The van der Waals surface area contributed by atoms with Gasteiger partial charge in [-0.3, -0.25) is 14.9 Å². The number of carbonyl (C=O) groups excluding carboxylic acids is 1. The monoisotopic (exact) mass is 395 g/mol. The average Bonchev–Trinajstić information content (AvgIpc) is 2.59. The summed E-state index contributed by atoms with van der Waals surface area (Å²) in [7, 11) is 0. The third-order valence-corrected chi connectivity index (χ3v) is 4.27. The van der Waals surface area contributed by atoms with E-state index in [0.29, 0.717) is 16.3 Å². The molecule has 1 N–H and O–H groups in total. The van der Waals surface area contributed by atoms with E-state index in [9.17, 15) is 14.9 Å². The van der Waals surface area contributed by atoms with Crippen LogP contribution in [0.15, 0.2) is 35.4 Å². The minimum atomic E-state index is -0.595. The van der Waals surface area contributed by atoms with Crippen LogP contribution in [0.5, 0.6) is 5.75 Å². The number of rotatable bonds is 6. The number of nitrogens with zero attached hydrogens (tertiary/aromatic N) is 2. The third kappa shape index (κ3) is 5.18. The standard InChI is InChI=1S/C17H15Cl2N3O4/c1-10-5-13(6-11(2)17(10)19)26-9-16(23)21-20-8-12-3-4-14(18)15(7-12)22(24)25/h3-8H,9H2,1-2H3,(H,21,23)/b20-8+. The predicted molar refractivity (Wildman–Crippen MR) is 100 cm³/mol. The topological polar surface area (TPSA) is 93.8 Å². The predicted octanol–water partition coefficient (Wildman–Crippen LogP) is 4.05. The molecular formula is C17H15Cl2N3O4. The van der Waals surface area contributed by atoms with Crippen LogP contribution in [0.1, 0.15) is 16.7 Å². The van der Waals surface area contributed by atoms with Gasteiger partial charge < -0.3 is 4.74 Å². The lowest BCUT2D eigenvalue weighted by molar-refractivity contribution is -0.384. The Balaban J connectivity index is 1.92. The molecule has 9 heteroatoms. The summed E-state index contributed by atoms with van der Waals surface area (Å²) in [6.07, 6.45) is 1.28. The van der Waals surface area contributed by atoms with Gasteiger partial charge in [-0.25, -0.2) is 5.43 Å². The maximum Gasteiger partial charge on any atom is 0.288 e. The highest BCUT2D eigenvalue weighted by Crippen LogP contribution is 2.26. The molecule has 0 aliphatic rings. The smallest absolute Gasteiger partial charge is 0.288 e. The van der Waals surface area contributed by atoms with Crippen LogP contribution >= 0.6 is 23.2 Å². The van der Waals surface area contributed by atoms with Crippen LogP contribution in [0.2, 0.25) is 10.0 Å². The number of hydrogen-bond donors (Lipinski definition) is 1. The second-order valence-corrected chi connectivity index (χ2v) is 6.21. The molecule has 1 amide bonds. The van der Waals surface area contributed by atoms with Crippen LogP contribution in [0.3, 0.4) is 0 Å². The Morgan fingerprint density at radius 1 is 1.27 bits per heavy atom. The fourth-order valence-electron chi connectivity index (χ4n) is 2.10. The van der Waals surface area contributed by atoms with E-state index in [1.54, 1.807) is 18.2 Å². The van der Waals surface area contributed by atoms with Gasteiger partial charge in [-0.2, -0.15) is 5.10 Å². The number of nitrogens with one attached hydrogen (secondary N) is 1. The third-order valence-electron chi connectivity index (χ3n) is 3.35. The molecular weight excluding hydrogens is 381 g/mol. The first kappa shape index (κ1) is 19.7. The molecule has 0 spiro atoms. The molecule has 0 bridgehead atoms. The molecule has 0 aliphatic heterocycles. The number of amides is 1. The number of hydrogen-bond acceptors (Lipinski definition) is 5. The fraction of sp³-hybridized carbons (Fsp3) is 0.176. The quantitative estimate of drug-likeness (QED) is 0.453. The van der Waals surface area contributed by atoms with Gasteiger partial charge in [-0.1, -0.05) is 29.3 Å². The van der Waals surface area contributed by atoms with E-state index in [4.69, 9.17) is 27.9 Å². The molecule has 2 aromatic carbocycles.